The first-order valence-corrected chi connectivity index (χ1v) is 3.36. The summed E-state index contributed by atoms with van der Waals surface area (Å²) >= 11 is 0. The molecule has 60 valence electrons. The van der Waals surface area contributed by atoms with Gasteiger partial charge >= 0.3 is 0 Å². The summed E-state index contributed by atoms with van der Waals surface area (Å²) in [5, 5.41) is 15.5. The molecule has 10 heavy (non-hydrogen) atoms. The first-order valence-electron chi connectivity index (χ1n) is 3.36. The summed E-state index contributed by atoms with van der Waals surface area (Å²) in [6.45, 7) is 3.97. The van der Waals surface area contributed by atoms with E-state index in [0.29, 0.717) is 13.1 Å². The van der Waals surface area contributed by atoms with Gasteiger partial charge in [0.2, 0.25) is 0 Å². The molecule has 0 aliphatic heterocycles. The number of amidine groups is 1. The van der Waals surface area contributed by atoms with Gasteiger partial charge in [-0.1, -0.05) is 6.92 Å². The fourth-order valence-corrected chi connectivity index (χ4v) is 0.731. The largest absolute Gasteiger partial charge is 0.395 e. The Bertz CT molecular complexity index is 105. The van der Waals surface area contributed by atoms with E-state index in [1.807, 2.05) is 11.8 Å². The molecule has 0 unspecified atom stereocenters. The van der Waals surface area contributed by atoms with E-state index in [4.69, 9.17) is 16.2 Å². The molecular formula is C6H15N3O. The van der Waals surface area contributed by atoms with Gasteiger partial charge in [-0.05, 0) is 6.54 Å². The van der Waals surface area contributed by atoms with E-state index in [-0.39, 0.29) is 12.4 Å². The van der Waals surface area contributed by atoms with Crippen molar-refractivity contribution in [3.63, 3.8) is 0 Å². The molecule has 0 heterocycles. The van der Waals surface area contributed by atoms with Crippen molar-refractivity contribution < 1.29 is 5.11 Å². The Morgan fingerprint density at radius 3 is 2.60 bits per heavy atom. The number of likely N-dealkylation sites (N-methyl/N-ethyl adjacent to an activating group) is 1. The highest BCUT2D eigenvalue weighted by atomic mass is 16.3. The van der Waals surface area contributed by atoms with Crippen molar-refractivity contribution in [3.05, 3.63) is 0 Å². The van der Waals surface area contributed by atoms with Gasteiger partial charge in [0.05, 0.1) is 13.2 Å². The van der Waals surface area contributed by atoms with E-state index in [2.05, 4.69) is 0 Å². The van der Waals surface area contributed by atoms with Crippen molar-refractivity contribution in [1.82, 2.24) is 4.90 Å². The van der Waals surface area contributed by atoms with Crippen LogP contribution in [-0.2, 0) is 0 Å². The van der Waals surface area contributed by atoms with Crippen LogP contribution in [0, 0.1) is 5.41 Å². The summed E-state index contributed by atoms with van der Waals surface area (Å²) in [5.74, 6) is 0.148. The van der Waals surface area contributed by atoms with Crippen LogP contribution in [0.4, 0.5) is 0 Å². The smallest absolute Gasteiger partial charge is 0.105 e. The number of nitrogens with two attached hydrogens (primary N) is 1. The minimum absolute atomic E-state index is 0.126. The average molecular weight is 145 g/mol. The van der Waals surface area contributed by atoms with E-state index >= 15 is 0 Å². The molecule has 0 atom stereocenters. The molecule has 4 heteroatoms. The first-order chi connectivity index (χ1) is 4.70. The van der Waals surface area contributed by atoms with Gasteiger partial charge in [0.1, 0.15) is 5.84 Å². The zero-order chi connectivity index (χ0) is 7.98. The van der Waals surface area contributed by atoms with Gasteiger partial charge in [-0.3, -0.25) is 10.3 Å². The van der Waals surface area contributed by atoms with Crippen LogP contribution >= 0.6 is 0 Å². The number of aliphatic hydroxyl groups excluding tert-OH is 1. The molecule has 0 rings (SSSR count). The second-order valence-electron chi connectivity index (χ2n) is 2.12. The molecular weight excluding hydrogens is 130 g/mol. The lowest BCUT2D eigenvalue weighted by molar-refractivity contribution is 0.217. The highest BCUT2D eigenvalue weighted by molar-refractivity contribution is 5.78. The standard InChI is InChI=1S/C6H15N3O/c1-2-9(3-4-10)5-6(7)8/h10H,2-5H2,1H3,(H3,7,8). The fraction of sp³-hybridized carbons (Fsp3) is 0.833. The van der Waals surface area contributed by atoms with Crippen molar-refractivity contribution in [2.75, 3.05) is 26.2 Å². The van der Waals surface area contributed by atoms with E-state index in [0.717, 1.165) is 6.54 Å². The summed E-state index contributed by atoms with van der Waals surface area (Å²) in [5.41, 5.74) is 5.16. The van der Waals surface area contributed by atoms with Crippen LogP contribution in [0.25, 0.3) is 0 Å². The van der Waals surface area contributed by atoms with Crippen LogP contribution in [0.2, 0.25) is 0 Å². The van der Waals surface area contributed by atoms with Crippen LogP contribution in [0.3, 0.4) is 0 Å². The maximum Gasteiger partial charge on any atom is 0.105 e. The monoisotopic (exact) mass is 145 g/mol. The van der Waals surface area contributed by atoms with Crippen molar-refractivity contribution in [1.29, 1.82) is 5.41 Å². The van der Waals surface area contributed by atoms with E-state index < -0.39 is 0 Å². The predicted octanol–water partition coefficient (Wildman–Crippen LogP) is -0.763. The lowest BCUT2D eigenvalue weighted by atomic mass is 10.4. The van der Waals surface area contributed by atoms with Crippen LogP contribution in [0.1, 0.15) is 6.92 Å². The molecule has 0 fully saturated rings. The maximum absolute atomic E-state index is 8.53. The van der Waals surface area contributed by atoms with Gasteiger partial charge in [0.15, 0.2) is 0 Å². The highest BCUT2D eigenvalue weighted by Crippen LogP contribution is 1.84. The quantitative estimate of drug-likeness (QED) is 0.351. The number of nitrogens with zero attached hydrogens (tertiary/aromatic N) is 1. The Morgan fingerprint density at radius 2 is 2.30 bits per heavy atom. The Balaban J connectivity index is 3.49. The summed E-state index contributed by atoms with van der Waals surface area (Å²) in [6, 6.07) is 0. The molecule has 0 bridgehead atoms. The third-order valence-electron chi connectivity index (χ3n) is 1.26. The Kier molecular flexibility index (Phi) is 4.88. The summed E-state index contributed by atoms with van der Waals surface area (Å²) in [4.78, 5) is 1.91. The molecule has 0 aromatic carbocycles. The lowest BCUT2D eigenvalue weighted by Gasteiger charge is -2.17. The van der Waals surface area contributed by atoms with Gasteiger partial charge in [-0.25, -0.2) is 0 Å². The normalized spacial score (nSPS) is 10.3. The van der Waals surface area contributed by atoms with Crippen LogP contribution in [-0.4, -0.2) is 42.1 Å². The Labute approximate surface area is 61.1 Å². The van der Waals surface area contributed by atoms with Crippen LogP contribution in [0.5, 0.6) is 0 Å². The van der Waals surface area contributed by atoms with Crippen LogP contribution < -0.4 is 5.73 Å². The second-order valence-corrected chi connectivity index (χ2v) is 2.12. The number of hydrogen-bond acceptors (Lipinski definition) is 3. The minimum atomic E-state index is 0.126. The third-order valence-corrected chi connectivity index (χ3v) is 1.26. The van der Waals surface area contributed by atoms with Crippen LogP contribution in [0.15, 0.2) is 0 Å². The summed E-state index contributed by atoms with van der Waals surface area (Å²) in [6.07, 6.45) is 0. The number of hydrogen-bond donors (Lipinski definition) is 3. The summed E-state index contributed by atoms with van der Waals surface area (Å²) in [7, 11) is 0. The zero-order valence-electron chi connectivity index (χ0n) is 6.30. The predicted molar refractivity (Wildman–Crippen MR) is 41.1 cm³/mol. The Morgan fingerprint density at radius 1 is 1.70 bits per heavy atom. The molecule has 0 spiro atoms. The Hall–Kier alpha value is -0.610. The molecule has 0 saturated heterocycles. The van der Waals surface area contributed by atoms with Gasteiger partial charge in [-0.2, -0.15) is 0 Å². The highest BCUT2D eigenvalue weighted by Gasteiger charge is 2.00. The molecule has 0 aromatic heterocycles. The second kappa shape index (κ2) is 5.20. The van der Waals surface area contributed by atoms with E-state index in [1.54, 1.807) is 0 Å². The molecule has 0 radical (unpaired) electrons. The van der Waals surface area contributed by atoms with Crippen molar-refractivity contribution >= 4 is 5.84 Å². The van der Waals surface area contributed by atoms with E-state index in [9.17, 15) is 0 Å². The molecule has 0 saturated carbocycles. The fourth-order valence-electron chi connectivity index (χ4n) is 0.731. The number of aliphatic hydroxyl groups is 1. The molecule has 0 aliphatic rings. The molecule has 4 N–H and O–H groups in total. The van der Waals surface area contributed by atoms with Crippen molar-refractivity contribution in [2.24, 2.45) is 5.73 Å². The first kappa shape index (κ1) is 9.39. The SMILES string of the molecule is CCN(CCO)CC(=N)N. The number of rotatable bonds is 5. The van der Waals surface area contributed by atoms with Gasteiger partial charge in [0.25, 0.3) is 0 Å². The average Bonchev–Trinajstić information content (AvgIpc) is 1.86. The molecule has 0 aromatic rings. The number of nitrogens with one attached hydrogen (secondary N) is 1. The molecule has 0 aliphatic carbocycles. The van der Waals surface area contributed by atoms with E-state index in [1.165, 1.54) is 0 Å². The lowest BCUT2D eigenvalue weighted by Crippen LogP contribution is -2.35. The van der Waals surface area contributed by atoms with Gasteiger partial charge in [-0.15, -0.1) is 0 Å². The zero-order valence-corrected chi connectivity index (χ0v) is 6.30. The molecule has 4 nitrogen and oxygen atoms in total. The maximum atomic E-state index is 8.53. The van der Waals surface area contributed by atoms with Crippen molar-refractivity contribution in [2.45, 2.75) is 6.92 Å². The van der Waals surface area contributed by atoms with Gasteiger partial charge < -0.3 is 10.8 Å². The minimum Gasteiger partial charge on any atom is -0.395 e. The van der Waals surface area contributed by atoms with Gasteiger partial charge in [0, 0.05) is 6.54 Å². The topological polar surface area (TPSA) is 73.3 Å². The van der Waals surface area contributed by atoms with Crippen molar-refractivity contribution in [3.8, 4) is 0 Å². The third kappa shape index (κ3) is 4.29. The summed E-state index contributed by atoms with van der Waals surface area (Å²) < 4.78 is 0. The molecule has 0 amide bonds.